The van der Waals surface area contributed by atoms with Crippen LogP contribution in [-0.4, -0.2) is 22.6 Å². The Balaban J connectivity index is 0.000000179. The number of rotatable bonds is 5. The van der Waals surface area contributed by atoms with Gasteiger partial charge >= 0.3 is 0 Å². The van der Waals surface area contributed by atoms with Crippen molar-refractivity contribution in [3.05, 3.63) is 157 Å². The molecule has 3 heterocycles. The Morgan fingerprint density at radius 1 is 0.792 bits per heavy atom. The number of fused-ring (bicyclic) bond motifs is 6. The van der Waals surface area contributed by atoms with E-state index in [2.05, 4.69) is 102 Å². The van der Waals surface area contributed by atoms with Crippen LogP contribution in [0.25, 0.3) is 72.1 Å². The number of nitrogens with zero attached hydrogens (tertiary/aromatic N) is 3. The molecule has 0 unspecified atom stereocenters. The van der Waals surface area contributed by atoms with Crippen LogP contribution in [0, 0.1) is 19.0 Å². The predicted octanol–water partition coefficient (Wildman–Crippen LogP) is 12.1. The maximum atomic E-state index is 8.48. The Morgan fingerprint density at radius 3 is 2.30 bits per heavy atom. The summed E-state index contributed by atoms with van der Waals surface area (Å²) in [6, 6.07) is 48.5. The van der Waals surface area contributed by atoms with Gasteiger partial charge in [0.2, 0.25) is 0 Å². The molecule has 9 rings (SSSR count). The van der Waals surface area contributed by atoms with Gasteiger partial charge in [-0.1, -0.05) is 130 Å². The first kappa shape index (κ1) is 31.4. The number of aryl methyl sites for hydroxylation is 1. The number of aromatic nitrogens is 3. The van der Waals surface area contributed by atoms with E-state index in [9.17, 15) is 0 Å². The number of imidazole rings is 1. The van der Waals surface area contributed by atoms with E-state index in [0.29, 0.717) is 0 Å². The molecule has 6 heteroatoms. The minimum Gasteiger partial charge on any atom is -0.500 e. The second-order valence-corrected chi connectivity index (χ2v) is 19.4. The van der Waals surface area contributed by atoms with Crippen molar-refractivity contribution in [1.29, 1.82) is 0 Å². The molecule has 0 atom stereocenters. The molecule has 3 aromatic heterocycles. The number of hydrogen-bond acceptors (Lipinski definition) is 3. The Kier molecular flexibility index (Phi) is 8.71. The first-order valence-corrected chi connectivity index (χ1v) is 21.0. The molecule has 53 heavy (non-hydrogen) atoms. The van der Waals surface area contributed by atoms with E-state index >= 15 is 0 Å². The van der Waals surface area contributed by atoms with Gasteiger partial charge in [0.1, 0.15) is 5.58 Å². The van der Waals surface area contributed by atoms with Crippen molar-refractivity contribution in [1.82, 2.24) is 14.5 Å². The average molecular weight is 888 g/mol. The number of benzene rings is 6. The quantitative estimate of drug-likeness (QED) is 0.128. The number of pyridine rings is 1. The Bertz CT molecular complexity index is 2870. The van der Waals surface area contributed by atoms with E-state index in [1.165, 1.54) is 16.6 Å². The molecule has 0 spiro atoms. The number of hydrogen-bond donors (Lipinski definition) is 0. The summed E-state index contributed by atoms with van der Waals surface area (Å²) in [4.78, 5) is 9.57. The van der Waals surface area contributed by atoms with Gasteiger partial charge in [-0.3, -0.25) is 4.98 Å². The van der Waals surface area contributed by atoms with Crippen molar-refractivity contribution >= 4 is 57.0 Å². The third kappa shape index (κ3) is 6.91. The van der Waals surface area contributed by atoms with Gasteiger partial charge in [-0.15, -0.1) is 53.6 Å². The maximum Gasteiger partial charge on any atom is 0.128 e. The van der Waals surface area contributed by atoms with Crippen LogP contribution in [0.4, 0.5) is 0 Å². The molecule has 0 saturated heterocycles. The van der Waals surface area contributed by atoms with Gasteiger partial charge in [0.05, 0.1) is 30.5 Å². The normalized spacial score (nSPS) is 13.2. The molecule has 0 aliphatic heterocycles. The molecule has 0 fully saturated rings. The van der Waals surface area contributed by atoms with Crippen LogP contribution in [0.2, 0.25) is 19.6 Å². The van der Waals surface area contributed by atoms with E-state index in [-0.39, 0.29) is 25.7 Å². The first-order valence-electron chi connectivity index (χ1n) is 19.5. The van der Waals surface area contributed by atoms with Gasteiger partial charge in [0.25, 0.3) is 0 Å². The van der Waals surface area contributed by atoms with Crippen LogP contribution in [0.15, 0.2) is 138 Å². The number of furan rings is 1. The summed E-state index contributed by atoms with van der Waals surface area (Å²) < 4.78 is 39.5. The molecule has 0 amide bonds. The van der Waals surface area contributed by atoms with E-state index in [1.54, 1.807) is 12.1 Å². The molecule has 6 aromatic carbocycles. The summed E-state index contributed by atoms with van der Waals surface area (Å²) in [6.07, 6.45) is 1.89. The Labute approximate surface area is 331 Å². The zero-order chi connectivity index (χ0) is 39.4. The van der Waals surface area contributed by atoms with Crippen LogP contribution in [-0.2, 0) is 20.1 Å². The van der Waals surface area contributed by atoms with Crippen LogP contribution >= 0.6 is 0 Å². The van der Waals surface area contributed by atoms with Crippen molar-refractivity contribution in [3.8, 4) is 28.3 Å². The maximum absolute atomic E-state index is 8.48. The fourth-order valence-electron chi connectivity index (χ4n) is 6.87. The monoisotopic (exact) mass is 888 g/mol. The molecule has 1 radical (unpaired) electrons. The predicted molar refractivity (Wildman–Crippen MR) is 220 cm³/mol. The molecule has 0 bridgehead atoms. The van der Waals surface area contributed by atoms with Gasteiger partial charge in [0, 0.05) is 48.2 Å². The molecular weight excluding hydrogens is 843 g/mol. The zero-order valence-electron chi connectivity index (χ0n) is 34.3. The van der Waals surface area contributed by atoms with Crippen molar-refractivity contribution in [3.63, 3.8) is 0 Å². The summed E-state index contributed by atoms with van der Waals surface area (Å²) >= 11 is 0. The van der Waals surface area contributed by atoms with Gasteiger partial charge in [-0.25, -0.2) is 0 Å². The van der Waals surface area contributed by atoms with E-state index in [4.69, 9.17) is 14.9 Å². The first-order chi connectivity index (χ1) is 26.7. The van der Waals surface area contributed by atoms with Crippen LogP contribution in [0.5, 0.6) is 0 Å². The van der Waals surface area contributed by atoms with Gasteiger partial charge in [-0.2, -0.15) is 0 Å². The third-order valence-corrected chi connectivity index (χ3v) is 11.5. The standard InChI is InChI=1S/C29H17N2O.C18H24NSi.Ir/c1-2-10-20(11-3-1)31-26-16-7-6-15-25(26)30-29(31)24-14-8-13-22-23-18-17-19-9-4-5-12-21(19)27(23)32-28(22)24;1-13(2)16-11-17(15-9-7-14(3)8-10-15)19-12-18(16)20(4,5)6;/h1-13,15-18H;7-9,11-13H,1-6H3;/q2*-1;/i;3D3,13D;. The average Bonchev–Trinajstić information content (AvgIpc) is 3.77. The van der Waals surface area contributed by atoms with Crippen LogP contribution in [0.3, 0.4) is 0 Å². The molecular formula is C47H41IrN3OSi-2. The summed E-state index contributed by atoms with van der Waals surface area (Å²) in [5.41, 5.74) is 8.36. The molecule has 0 N–H and O–H groups in total. The summed E-state index contributed by atoms with van der Waals surface area (Å²) in [7, 11) is -1.61. The molecule has 9 aromatic rings. The SMILES string of the molecule is [2H]C([2H])([2H])c1c[c-]c(-c2cc(C([2H])(C)C)c([Si](C)(C)C)cn2)cc1.[Ir].[c-]1ccc2c(oc3c4ccccc4ccc23)c1-c1nc2ccccc2n1-c1ccccc1. The van der Waals surface area contributed by atoms with E-state index in [1.807, 2.05) is 68.6 Å². The fraction of sp³-hybridized carbons (Fsp3) is 0.149. The van der Waals surface area contributed by atoms with Gasteiger partial charge < -0.3 is 14.0 Å². The van der Waals surface area contributed by atoms with Crippen molar-refractivity contribution < 1.29 is 30.0 Å². The fourth-order valence-corrected chi connectivity index (χ4v) is 8.45. The molecule has 0 aliphatic rings. The van der Waals surface area contributed by atoms with Crippen molar-refractivity contribution in [2.24, 2.45) is 0 Å². The molecule has 0 saturated carbocycles. The Hall–Kier alpha value is -5.13. The second kappa shape index (κ2) is 14.7. The summed E-state index contributed by atoms with van der Waals surface area (Å²) in [5, 5.41) is 5.65. The minimum atomic E-state index is -2.13. The Morgan fingerprint density at radius 2 is 1.55 bits per heavy atom. The van der Waals surface area contributed by atoms with Crippen LogP contribution < -0.4 is 5.19 Å². The third-order valence-electron chi connectivity index (χ3n) is 9.46. The van der Waals surface area contributed by atoms with Gasteiger partial charge in [-0.05, 0) is 46.4 Å². The van der Waals surface area contributed by atoms with Crippen molar-refractivity contribution in [2.45, 2.75) is 46.2 Å². The van der Waals surface area contributed by atoms with Crippen molar-refractivity contribution in [2.75, 3.05) is 0 Å². The number of para-hydroxylation sites is 3. The van der Waals surface area contributed by atoms with E-state index in [0.717, 1.165) is 72.3 Å². The minimum absolute atomic E-state index is 0. The second-order valence-electron chi connectivity index (χ2n) is 14.3. The summed E-state index contributed by atoms with van der Waals surface area (Å²) in [6.45, 7) is 8.38. The topological polar surface area (TPSA) is 43.9 Å². The zero-order valence-corrected chi connectivity index (χ0v) is 33.7. The van der Waals surface area contributed by atoms with Gasteiger partial charge in [0.15, 0.2) is 0 Å². The largest absolute Gasteiger partial charge is 0.500 e. The summed E-state index contributed by atoms with van der Waals surface area (Å²) in [5.74, 6) is 0.109. The van der Waals surface area contributed by atoms with E-state index < -0.39 is 20.8 Å². The smallest absolute Gasteiger partial charge is 0.128 e. The molecule has 265 valence electrons. The van der Waals surface area contributed by atoms with Crippen LogP contribution in [0.1, 0.15) is 36.4 Å². The molecule has 4 nitrogen and oxygen atoms in total. The molecule has 0 aliphatic carbocycles.